The minimum absolute atomic E-state index is 0.437. The van der Waals surface area contributed by atoms with Gasteiger partial charge in [0.1, 0.15) is 0 Å². The van der Waals surface area contributed by atoms with Crippen molar-refractivity contribution in [2.75, 3.05) is 4.90 Å². The van der Waals surface area contributed by atoms with Gasteiger partial charge in [-0.2, -0.15) is 0 Å². The van der Waals surface area contributed by atoms with E-state index in [1.807, 2.05) is 0 Å². The minimum atomic E-state index is -0.437. The first-order chi connectivity index (χ1) is 25.7. The van der Waals surface area contributed by atoms with Crippen LogP contribution in [0, 0.1) is 0 Å². The quantitative estimate of drug-likeness (QED) is 0.175. The molecule has 0 bridgehead atoms. The standard InChI is InChI=1S/C49H31BrN2/c50-32-23-26-39-40-27-24-36(31-46(40)49(45(39)29-32)43-20-10-7-17-37(43)38-18-8-11-21-44(38)49)51(33-13-3-1-4-14-33)35-25-28-48-42(30-35)41-19-9-12-22-47(41)52(48)34-15-5-2-6-16-34/h1-31H. The summed E-state index contributed by atoms with van der Waals surface area (Å²) in [7, 11) is 0. The van der Waals surface area contributed by atoms with Crippen LogP contribution in [0.15, 0.2) is 193 Å². The van der Waals surface area contributed by atoms with Crippen molar-refractivity contribution in [2.24, 2.45) is 0 Å². The Balaban J connectivity index is 1.18. The lowest BCUT2D eigenvalue weighted by atomic mass is 9.70. The van der Waals surface area contributed by atoms with Gasteiger partial charge in [0.05, 0.1) is 16.4 Å². The fourth-order valence-electron chi connectivity index (χ4n) is 9.22. The molecule has 2 aliphatic carbocycles. The molecule has 0 amide bonds. The van der Waals surface area contributed by atoms with Crippen LogP contribution in [-0.4, -0.2) is 4.57 Å². The maximum absolute atomic E-state index is 3.86. The monoisotopic (exact) mass is 726 g/mol. The molecule has 0 saturated heterocycles. The molecule has 244 valence electrons. The van der Waals surface area contributed by atoms with Crippen molar-refractivity contribution in [2.45, 2.75) is 5.41 Å². The van der Waals surface area contributed by atoms with E-state index in [2.05, 4.69) is 213 Å². The smallest absolute Gasteiger partial charge is 0.0726 e. The summed E-state index contributed by atoms with van der Waals surface area (Å²) < 4.78 is 3.47. The van der Waals surface area contributed by atoms with Gasteiger partial charge in [-0.25, -0.2) is 0 Å². The fourth-order valence-corrected chi connectivity index (χ4v) is 9.58. The Morgan fingerprint density at radius 1 is 0.385 bits per heavy atom. The Bertz CT molecular complexity index is 2820. The summed E-state index contributed by atoms with van der Waals surface area (Å²) in [5.74, 6) is 0. The van der Waals surface area contributed by atoms with Crippen LogP contribution in [0.4, 0.5) is 17.1 Å². The Morgan fingerprint density at radius 2 is 0.923 bits per heavy atom. The van der Waals surface area contributed by atoms with Crippen molar-refractivity contribution in [1.29, 1.82) is 0 Å². The summed E-state index contributed by atoms with van der Waals surface area (Å²) in [6, 6.07) is 69.1. The molecule has 0 atom stereocenters. The first-order valence-corrected chi connectivity index (χ1v) is 18.6. The van der Waals surface area contributed by atoms with Gasteiger partial charge in [-0.15, -0.1) is 0 Å². The van der Waals surface area contributed by atoms with Crippen molar-refractivity contribution in [3.63, 3.8) is 0 Å². The van der Waals surface area contributed by atoms with Crippen molar-refractivity contribution in [3.8, 4) is 27.9 Å². The number of hydrogen-bond donors (Lipinski definition) is 0. The average Bonchev–Trinajstić information content (AvgIpc) is 3.80. The highest BCUT2D eigenvalue weighted by Crippen LogP contribution is 2.63. The van der Waals surface area contributed by atoms with E-state index in [-0.39, 0.29) is 0 Å². The summed E-state index contributed by atoms with van der Waals surface area (Å²) in [6.07, 6.45) is 0. The number of halogens is 1. The second-order valence-corrected chi connectivity index (χ2v) is 14.7. The van der Waals surface area contributed by atoms with E-state index in [4.69, 9.17) is 0 Å². The summed E-state index contributed by atoms with van der Waals surface area (Å²) in [4.78, 5) is 2.42. The molecule has 0 N–H and O–H groups in total. The molecule has 1 spiro atoms. The highest BCUT2D eigenvalue weighted by atomic mass is 79.9. The van der Waals surface area contributed by atoms with Gasteiger partial charge in [0.25, 0.3) is 0 Å². The molecule has 11 rings (SSSR count). The van der Waals surface area contributed by atoms with E-state index in [0.29, 0.717) is 0 Å². The number of hydrogen-bond acceptors (Lipinski definition) is 1. The molecule has 0 fully saturated rings. The topological polar surface area (TPSA) is 8.17 Å². The molecule has 1 aromatic heterocycles. The highest BCUT2D eigenvalue weighted by Gasteiger charge is 2.51. The molecule has 0 radical (unpaired) electrons. The van der Waals surface area contributed by atoms with Gasteiger partial charge in [0, 0.05) is 38.0 Å². The predicted octanol–water partition coefficient (Wildman–Crippen LogP) is 13.4. The van der Waals surface area contributed by atoms with Crippen LogP contribution in [0.3, 0.4) is 0 Å². The molecule has 1 heterocycles. The van der Waals surface area contributed by atoms with E-state index < -0.39 is 5.41 Å². The minimum Gasteiger partial charge on any atom is -0.310 e. The molecule has 0 aliphatic heterocycles. The van der Waals surface area contributed by atoms with Crippen LogP contribution >= 0.6 is 15.9 Å². The molecule has 0 unspecified atom stereocenters. The number of nitrogens with zero attached hydrogens (tertiary/aromatic N) is 2. The van der Waals surface area contributed by atoms with Crippen LogP contribution in [-0.2, 0) is 5.41 Å². The SMILES string of the molecule is Brc1ccc2c(c1)C1(c3ccccc3-c3ccccc31)c1cc(N(c3ccccc3)c3ccc4c(c3)c3ccccc3n4-c3ccccc3)ccc1-2. The van der Waals surface area contributed by atoms with Gasteiger partial charge in [-0.1, -0.05) is 131 Å². The summed E-state index contributed by atoms with van der Waals surface area (Å²) in [5, 5.41) is 2.47. The molecular formula is C49H31BrN2. The lowest BCUT2D eigenvalue weighted by Gasteiger charge is -2.32. The Morgan fingerprint density at radius 3 is 1.67 bits per heavy atom. The van der Waals surface area contributed by atoms with Crippen LogP contribution in [0.2, 0.25) is 0 Å². The van der Waals surface area contributed by atoms with E-state index in [0.717, 1.165) is 27.2 Å². The van der Waals surface area contributed by atoms with Gasteiger partial charge in [-0.3, -0.25) is 0 Å². The van der Waals surface area contributed by atoms with E-state index in [9.17, 15) is 0 Å². The van der Waals surface area contributed by atoms with Gasteiger partial charge in [0.15, 0.2) is 0 Å². The predicted molar refractivity (Wildman–Crippen MR) is 219 cm³/mol. The second kappa shape index (κ2) is 11.2. The largest absolute Gasteiger partial charge is 0.310 e. The molecule has 9 aromatic rings. The zero-order valence-corrected chi connectivity index (χ0v) is 29.8. The Hall–Kier alpha value is -6.16. The zero-order valence-electron chi connectivity index (χ0n) is 28.2. The number of aromatic nitrogens is 1. The summed E-state index contributed by atoms with van der Waals surface area (Å²) in [5.41, 5.74) is 17.0. The average molecular weight is 728 g/mol. The first-order valence-electron chi connectivity index (χ1n) is 17.8. The van der Waals surface area contributed by atoms with E-state index in [1.54, 1.807) is 0 Å². The van der Waals surface area contributed by atoms with Crippen LogP contribution < -0.4 is 4.90 Å². The molecule has 8 aromatic carbocycles. The number of rotatable bonds is 4. The molecule has 2 aliphatic rings. The van der Waals surface area contributed by atoms with Crippen LogP contribution in [0.25, 0.3) is 49.7 Å². The molecular weight excluding hydrogens is 696 g/mol. The number of fused-ring (bicyclic) bond motifs is 13. The highest BCUT2D eigenvalue weighted by molar-refractivity contribution is 9.10. The van der Waals surface area contributed by atoms with Crippen molar-refractivity contribution < 1.29 is 0 Å². The third-order valence-corrected chi connectivity index (χ3v) is 11.7. The Kier molecular flexibility index (Phi) is 6.35. The third kappa shape index (κ3) is 4.00. The molecule has 3 heteroatoms. The van der Waals surface area contributed by atoms with Crippen molar-refractivity contribution in [1.82, 2.24) is 4.57 Å². The zero-order chi connectivity index (χ0) is 34.4. The molecule has 2 nitrogen and oxygen atoms in total. The van der Waals surface area contributed by atoms with Gasteiger partial charge >= 0.3 is 0 Å². The van der Waals surface area contributed by atoms with Crippen LogP contribution in [0.5, 0.6) is 0 Å². The van der Waals surface area contributed by atoms with Crippen LogP contribution in [0.1, 0.15) is 22.3 Å². The maximum Gasteiger partial charge on any atom is 0.0726 e. The third-order valence-electron chi connectivity index (χ3n) is 11.2. The van der Waals surface area contributed by atoms with E-state index >= 15 is 0 Å². The second-order valence-electron chi connectivity index (χ2n) is 13.8. The lowest BCUT2D eigenvalue weighted by molar-refractivity contribution is 0.793. The molecule has 0 saturated carbocycles. The molecule has 52 heavy (non-hydrogen) atoms. The summed E-state index contributed by atoms with van der Waals surface area (Å²) in [6.45, 7) is 0. The van der Waals surface area contributed by atoms with Crippen molar-refractivity contribution in [3.05, 3.63) is 215 Å². The lowest BCUT2D eigenvalue weighted by Crippen LogP contribution is -2.26. The number of anilines is 3. The number of para-hydroxylation sites is 3. The van der Waals surface area contributed by atoms with Gasteiger partial charge in [0.2, 0.25) is 0 Å². The number of benzene rings is 8. The fraction of sp³-hybridized carbons (Fsp3) is 0.0204. The summed E-state index contributed by atoms with van der Waals surface area (Å²) >= 11 is 3.86. The Labute approximate surface area is 311 Å². The van der Waals surface area contributed by atoms with Gasteiger partial charge in [-0.05, 0) is 117 Å². The van der Waals surface area contributed by atoms with E-state index in [1.165, 1.54) is 66.3 Å². The van der Waals surface area contributed by atoms with Crippen molar-refractivity contribution >= 4 is 54.8 Å². The normalized spacial score (nSPS) is 13.2. The van der Waals surface area contributed by atoms with Gasteiger partial charge < -0.3 is 9.47 Å². The maximum atomic E-state index is 3.86. The first kappa shape index (κ1) is 29.6.